The predicted octanol–water partition coefficient (Wildman–Crippen LogP) is 4.19. The number of fused-ring (bicyclic) bond motifs is 1. The van der Waals surface area contributed by atoms with E-state index in [0.29, 0.717) is 18.5 Å². The number of benzene rings is 1. The van der Waals surface area contributed by atoms with Crippen molar-refractivity contribution in [2.75, 3.05) is 20.2 Å². The summed E-state index contributed by atoms with van der Waals surface area (Å²) in [5.74, 6) is 1.23. The number of rotatable bonds is 6. The highest BCUT2D eigenvalue weighted by Gasteiger charge is 2.27. The second-order valence-electron chi connectivity index (χ2n) is 7.26. The number of nitrogens with zero attached hydrogens (tertiary/aromatic N) is 1. The van der Waals surface area contributed by atoms with E-state index in [1.807, 2.05) is 35.6 Å². The number of ether oxygens (including phenoxy) is 1. The summed E-state index contributed by atoms with van der Waals surface area (Å²) in [6.45, 7) is 7.85. The molecule has 3 rings (SSSR count). The molecule has 1 N–H and O–H groups in total. The van der Waals surface area contributed by atoms with Gasteiger partial charge >= 0.3 is 0 Å². The van der Waals surface area contributed by atoms with Crippen LogP contribution in [0.15, 0.2) is 35.7 Å². The van der Waals surface area contributed by atoms with Crippen LogP contribution in [0.3, 0.4) is 0 Å². The van der Waals surface area contributed by atoms with Crippen molar-refractivity contribution in [2.45, 2.75) is 39.3 Å². The standard InChI is InChI=1S/C21H28N2O2S/c1-14(2)21(16-5-7-17(25-4)8-6-16)22-20(24)13-23-11-9-19-18(15(23)3)10-12-26-19/h5-8,10,12,14-15,21H,9,11,13H2,1-4H3,(H,22,24)/t15-,21+/m1/s1. The van der Waals surface area contributed by atoms with Crippen LogP contribution < -0.4 is 10.1 Å². The lowest BCUT2D eigenvalue weighted by Crippen LogP contribution is -2.43. The first-order valence-electron chi connectivity index (χ1n) is 9.23. The highest BCUT2D eigenvalue weighted by atomic mass is 32.1. The smallest absolute Gasteiger partial charge is 0.234 e. The summed E-state index contributed by atoms with van der Waals surface area (Å²) in [4.78, 5) is 16.5. The Labute approximate surface area is 160 Å². The molecule has 1 aromatic heterocycles. The fourth-order valence-corrected chi connectivity index (χ4v) is 4.59. The minimum absolute atomic E-state index is 0.00483. The lowest BCUT2D eigenvalue weighted by atomic mass is 9.95. The molecule has 2 heterocycles. The minimum Gasteiger partial charge on any atom is -0.497 e. The lowest BCUT2D eigenvalue weighted by molar-refractivity contribution is -0.124. The molecule has 1 aliphatic heterocycles. The molecule has 0 unspecified atom stereocenters. The van der Waals surface area contributed by atoms with E-state index in [4.69, 9.17) is 4.74 Å². The van der Waals surface area contributed by atoms with Crippen molar-refractivity contribution in [2.24, 2.45) is 5.92 Å². The topological polar surface area (TPSA) is 41.6 Å². The molecule has 2 atom stereocenters. The van der Waals surface area contributed by atoms with Crippen molar-refractivity contribution < 1.29 is 9.53 Å². The van der Waals surface area contributed by atoms with Gasteiger partial charge in [0.2, 0.25) is 5.91 Å². The van der Waals surface area contributed by atoms with Crippen LogP contribution in [-0.2, 0) is 11.2 Å². The van der Waals surface area contributed by atoms with E-state index in [1.165, 1.54) is 10.4 Å². The number of amides is 1. The maximum Gasteiger partial charge on any atom is 0.234 e. The minimum atomic E-state index is 0.00483. The summed E-state index contributed by atoms with van der Waals surface area (Å²) in [5.41, 5.74) is 2.49. The summed E-state index contributed by atoms with van der Waals surface area (Å²) >= 11 is 1.83. The number of carbonyl (C=O) groups excluding carboxylic acids is 1. The van der Waals surface area contributed by atoms with Gasteiger partial charge in [-0.3, -0.25) is 9.69 Å². The molecule has 0 fully saturated rings. The Kier molecular flexibility index (Phi) is 5.99. The number of thiophene rings is 1. The Balaban J connectivity index is 1.65. The van der Waals surface area contributed by atoms with Crippen LogP contribution in [-0.4, -0.2) is 31.0 Å². The molecule has 1 amide bonds. The third-order valence-electron chi connectivity index (χ3n) is 5.21. The van der Waals surface area contributed by atoms with Crippen molar-refractivity contribution in [1.82, 2.24) is 10.2 Å². The third kappa shape index (κ3) is 4.10. The molecule has 0 spiro atoms. The Hall–Kier alpha value is -1.85. The van der Waals surface area contributed by atoms with Crippen LogP contribution in [0, 0.1) is 5.92 Å². The molecule has 0 radical (unpaired) electrons. The molecular weight excluding hydrogens is 344 g/mol. The molecule has 140 valence electrons. The first kappa shape index (κ1) is 18.9. The molecular formula is C21H28N2O2S. The second kappa shape index (κ2) is 8.23. The van der Waals surface area contributed by atoms with E-state index >= 15 is 0 Å². The third-order valence-corrected chi connectivity index (χ3v) is 6.21. The van der Waals surface area contributed by atoms with Gasteiger partial charge in [-0.25, -0.2) is 0 Å². The average Bonchev–Trinajstić information content (AvgIpc) is 3.11. The van der Waals surface area contributed by atoms with Crippen molar-refractivity contribution >= 4 is 17.2 Å². The molecule has 4 nitrogen and oxygen atoms in total. The Morgan fingerprint density at radius 3 is 2.69 bits per heavy atom. The van der Waals surface area contributed by atoms with Gasteiger partial charge in [-0.05, 0) is 54.0 Å². The Morgan fingerprint density at radius 1 is 1.31 bits per heavy atom. The molecule has 1 aromatic carbocycles. The van der Waals surface area contributed by atoms with Gasteiger partial charge < -0.3 is 10.1 Å². The Morgan fingerprint density at radius 2 is 2.04 bits per heavy atom. The van der Waals surface area contributed by atoms with Crippen molar-refractivity contribution in [3.63, 3.8) is 0 Å². The van der Waals surface area contributed by atoms with E-state index in [1.54, 1.807) is 7.11 Å². The Bertz CT molecular complexity index is 739. The largest absolute Gasteiger partial charge is 0.497 e. The van der Waals surface area contributed by atoms with Gasteiger partial charge in [0, 0.05) is 17.5 Å². The summed E-state index contributed by atoms with van der Waals surface area (Å²) in [6, 6.07) is 10.5. The van der Waals surface area contributed by atoms with Gasteiger partial charge in [-0.2, -0.15) is 0 Å². The zero-order valence-corrected chi connectivity index (χ0v) is 16.8. The van der Waals surface area contributed by atoms with E-state index in [9.17, 15) is 4.79 Å². The molecule has 1 aliphatic rings. The van der Waals surface area contributed by atoms with Gasteiger partial charge in [0.1, 0.15) is 5.75 Å². The first-order chi connectivity index (χ1) is 12.5. The molecule has 0 bridgehead atoms. The van der Waals surface area contributed by atoms with Crippen molar-refractivity contribution in [3.8, 4) is 5.75 Å². The van der Waals surface area contributed by atoms with Gasteiger partial charge in [-0.15, -0.1) is 11.3 Å². The number of carbonyl (C=O) groups is 1. The van der Waals surface area contributed by atoms with Crippen LogP contribution in [0.25, 0.3) is 0 Å². The van der Waals surface area contributed by atoms with Crippen molar-refractivity contribution in [1.29, 1.82) is 0 Å². The summed E-state index contributed by atoms with van der Waals surface area (Å²) in [7, 11) is 1.66. The maximum absolute atomic E-state index is 12.7. The fraction of sp³-hybridized carbons (Fsp3) is 0.476. The normalized spacial score (nSPS) is 18.4. The van der Waals surface area contributed by atoms with Crippen LogP contribution in [0.2, 0.25) is 0 Å². The molecule has 0 saturated carbocycles. The number of hydrogen-bond donors (Lipinski definition) is 1. The summed E-state index contributed by atoms with van der Waals surface area (Å²) in [5, 5.41) is 5.39. The first-order valence-corrected chi connectivity index (χ1v) is 10.1. The van der Waals surface area contributed by atoms with E-state index < -0.39 is 0 Å². The molecule has 5 heteroatoms. The predicted molar refractivity (Wildman–Crippen MR) is 107 cm³/mol. The highest BCUT2D eigenvalue weighted by Crippen LogP contribution is 2.32. The lowest BCUT2D eigenvalue weighted by Gasteiger charge is -2.33. The van der Waals surface area contributed by atoms with Crippen LogP contribution in [0.5, 0.6) is 5.75 Å². The van der Waals surface area contributed by atoms with Gasteiger partial charge in [0.15, 0.2) is 0 Å². The van der Waals surface area contributed by atoms with E-state index in [0.717, 1.165) is 24.3 Å². The molecule has 0 aliphatic carbocycles. The fourth-order valence-electron chi connectivity index (χ4n) is 3.63. The van der Waals surface area contributed by atoms with E-state index in [2.05, 4.69) is 42.4 Å². The van der Waals surface area contributed by atoms with Gasteiger partial charge in [-0.1, -0.05) is 26.0 Å². The zero-order valence-electron chi connectivity index (χ0n) is 16.0. The number of hydrogen-bond acceptors (Lipinski definition) is 4. The van der Waals surface area contributed by atoms with Crippen molar-refractivity contribution in [3.05, 3.63) is 51.7 Å². The zero-order chi connectivity index (χ0) is 18.7. The van der Waals surface area contributed by atoms with Crippen LogP contribution in [0.4, 0.5) is 0 Å². The van der Waals surface area contributed by atoms with Crippen LogP contribution >= 0.6 is 11.3 Å². The monoisotopic (exact) mass is 372 g/mol. The second-order valence-corrected chi connectivity index (χ2v) is 8.26. The molecule has 26 heavy (non-hydrogen) atoms. The maximum atomic E-state index is 12.7. The number of nitrogens with one attached hydrogen (secondary N) is 1. The van der Waals surface area contributed by atoms with E-state index in [-0.39, 0.29) is 11.9 Å². The SMILES string of the molecule is COc1ccc([C@@H](NC(=O)CN2CCc3sccc3[C@H]2C)C(C)C)cc1. The van der Waals surface area contributed by atoms with Gasteiger partial charge in [0.25, 0.3) is 0 Å². The number of methoxy groups -OCH3 is 1. The molecule has 0 saturated heterocycles. The summed E-state index contributed by atoms with van der Waals surface area (Å²) in [6.07, 6.45) is 1.04. The van der Waals surface area contributed by atoms with Gasteiger partial charge in [0.05, 0.1) is 19.7 Å². The quantitative estimate of drug-likeness (QED) is 0.827. The average molecular weight is 373 g/mol. The molecule has 2 aromatic rings. The summed E-state index contributed by atoms with van der Waals surface area (Å²) < 4.78 is 5.23. The highest BCUT2D eigenvalue weighted by molar-refractivity contribution is 7.10. The van der Waals surface area contributed by atoms with Crippen LogP contribution in [0.1, 0.15) is 48.9 Å².